The van der Waals surface area contributed by atoms with E-state index in [-0.39, 0.29) is 5.91 Å². The van der Waals surface area contributed by atoms with Crippen LogP contribution in [0.2, 0.25) is 0 Å². The summed E-state index contributed by atoms with van der Waals surface area (Å²) in [4.78, 5) is 10.9. The summed E-state index contributed by atoms with van der Waals surface area (Å²) in [7, 11) is 0. The van der Waals surface area contributed by atoms with Gasteiger partial charge in [-0.15, -0.1) is 0 Å². The second-order valence-electron chi connectivity index (χ2n) is 8.58. The van der Waals surface area contributed by atoms with Crippen molar-refractivity contribution < 1.29 is 4.79 Å². The molecule has 0 unspecified atom stereocenters. The number of hydrazine groups is 1. The molecule has 3 N–H and O–H groups in total. The van der Waals surface area contributed by atoms with E-state index >= 15 is 0 Å². The zero-order valence-corrected chi connectivity index (χ0v) is 16.8. The molecule has 0 saturated heterocycles. The minimum absolute atomic E-state index is 0.0378. The molecule has 0 spiro atoms. The van der Waals surface area contributed by atoms with Crippen molar-refractivity contribution >= 4 is 5.91 Å². The van der Waals surface area contributed by atoms with E-state index in [4.69, 9.17) is 5.84 Å². The molecule has 144 valence electrons. The fourth-order valence-electron chi connectivity index (χ4n) is 3.13. The normalized spacial score (nSPS) is 11.7. The standard InChI is InChI=1S/C21H44N2O/c1-21(2,3)19-17-15-13-11-9-7-5-4-6-8-10-12-14-16-18-20(24)23-22/h4-19,22H2,1-3H3,(H,23,24). The van der Waals surface area contributed by atoms with Gasteiger partial charge in [0.1, 0.15) is 0 Å². The summed E-state index contributed by atoms with van der Waals surface area (Å²) in [6.45, 7) is 7.02. The highest BCUT2D eigenvalue weighted by Gasteiger charge is 2.08. The summed E-state index contributed by atoms with van der Waals surface area (Å²) in [6, 6.07) is 0. The van der Waals surface area contributed by atoms with Crippen molar-refractivity contribution in [2.75, 3.05) is 0 Å². The summed E-state index contributed by atoms with van der Waals surface area (Å²) in [5.41, 5.74) is 2.69. The maximum atomic E-state index is 10.9. The van der Waals surface area contributed by atoms with Crippen LogP contribution in [0.1, 0.15) is 124 Å². The summed E-state index contributed by atoms with van der Waals surface area (Å²) >= 11 is 0. The topological polar surface area (TPSA) is 55.1 Å². The summed E-state index contributed by atoms with van der Waals surface area (Å²) in [5.74, 6) is 5.01. The van der Waals surface area contributed by atoms with Gasteiger partial charge in [-0.05, 0) is 18.3 Å². The second-order valence-corrected chi connectivity index (χ2v) is 8.58. The van der Waals surface area contributed by atoms with E-state index in [0.29, 0.717) is 11.8 Å². The molecular weight excluding hydrogens is 296 g/mol. The van der Waals surface area contributed by atoms with Crippen LogP contribution in [0.4, 0.5) is 0 Å². The van der Waals surface area contributed by atoms with Crippen LogP contribution in [0.5, 0.6) is 0 Å². The highest BCUT2D eigenvalue weighted by atomic mass is 16.2. The number of carbonyl (C=O) groups excluding carboxylic acids is 1. The number of hydrogen-bond acceptors (Lipinski definition) is 2. The lowest BCUT2D eigenvalue weighted by atomic mass is 9.89. The summed E-state index contributed by atoms with van der Waals surface area (Å²) < 4.78 is 0. The molecule has 3 heteroatoms. The van der Waals surface area contributed by atoms with Crippen LogP contribution < -0.4 is 11.3 Å². The van der Waals surface area contributed by atoms with Crippen molar-refractivity contribution in [1.29, 1.82) is 0 Å². The third-order valence-corrected chi connectivity index (χ3v) is 4.74. The van der Waals surface area contributed by atoms with Crippen molar-refractivity contribution in [2.45, 2.75) is 124 Å². The molecule has 0 aromatic carbocycles. The van der Waals surface area contributed by atoms with Crippen LogP contribution in [0.25, 0.3) is 0 Å². The molecule has 0 heterocycles. The van der Waals surface area contributed by atoms with Crippen LogP contribution in [0.15, 0.2) is 0 Å². The van der Waals surface area contributed by atoms with E-state index in [1.165, 1.54) is 83.5 Å². The van der Waals surface area contributed by atoms with Crippen LogP contribution in [0.3, 0.4) is 0 Å². The monoisotopic (exact) mass is 340 g/mol. The number of nitrogens with two attached hydrogens (primary N) is 1. The number of unbranched alkanes of at least 4 members (excludes halogenated alkanes) is 13. The van der Waals surface area contributed by atoms with Gasteiger partial charge in [0.2, 0.25) is 5.91 Å². The van der Waals surface area contributed by atoms with Crippen molar-refractivity contribution in [3.8, 4) is 0 Å². The van der Waals surface area contributed by atoms with Gasteiger partial charge in [-0.25, -0.2) is 5.84 Å². The lowest BCUT2D eigenvalue weighted by molar-refractivity contribution is -0.121. The van der Waals surface area contributed by atoms with E-state index in [2.05, 4.69) is 26.2 Å². The van der Waals surface area contributed by atoms with Crippen molar-refractivity contribution in [2.24, 2.45) is 11.3 Å². The van der Waals surface area contributed by atoms with Crippen molar-refractivity contribution in [1.82, 2.24) is 5.43 Å². The Labute approximate surface area is 151 Å². The number of amides is 1. The molecule has 0 aliphatic heterocycles. The van der Waals surface area contributed by atoms with Gasteiger partial charge in [-0.2, -0.15) is 0 Å². The van der Waals surface area contributed by atoms with E-state index in [1.54, 1.807) is 0 Å². The molecule has 0 radical (unpaired) electrons. The van der Waals surface area contributed by atoms with Gasteiger partial charge >= 0.3 is 0 Å². The fraction of sp³-hybridized carbons (Fsp3) is 0.952. The summed E-state index contributed by atoms with van der Waals surface area (Å²) in [6.07, 6.45) is 20.7. The Bertz CT molecular complexity index is 284. The minimum Gasteiger partial charge on any atom is -0.294 e. The fourth-order valence-corrected chi connectivity index (χ4v) is 3.13. The molecular formula is C21H44N2O. The van der Waals surface area contributed by atoms with Gasteiger partial charge in [0.05, 0.1) is 0 Å². The van der Waals surface area contributed by atoms with Gasteiger partial charge in [0, 0.05) is 6.42 Å². The molecule has 0 aliphatic rings. The van der Waals surface area contributed by atoms with Gasteiger partial charge < -0.3 is 0 Å². The number of hydrogen-bond donors (Lipinski definition) is 2. The first-order chi connectivity index (χ1) is 11.5. The molecule has 0 saturated carbocycles. The highest BCUT2D eigenvalue weighted by molar-refractivity contribution is 5.74. The molecule has 24 heavy (non-hydrogen) atoms. The SMILES string of the molecule is CC(C)(C)CCCCCCCCCCCCCCCCC(=O)NN. The lowest BCUT2D eigenvalue weighted by Crippen LogP contribution is -2.29. The molecule has 0 aromatic rings. The first-order valence-electron chi connectivity index (χ1n) is 10.4. The number of nitrogens with one attached hydrogen (secondary N) is 1. The zero-order chi connectivity index (χ0) is 18.1. The first kappa shape index (κ1) is 23.4. The highest BCUT2D eigenvalue weighted by Crippen LogP contribution is 2.22. The smallest absolute Gasteiger partial charge is 0.233 e. The Morgan fingerprint density at radius 1 is 0.667 bits per heavy atom. The largest absolute Gasteiger partial charge is 0.294 e. The number of rotatable bonds is 16. The second kappa shape index (κ2) is 15.9. The first-order valence-corrected chi connectivity index (χ1v) is 10.4. The van der Waals surface area contributed by atoms with Crippen LogP contribution in [-0.4, -0.2) is 5.91 Å². The van der Waals surface area contributed by atoms with Crippen LogP contribution >= 0.6 is 0 Å². The third kappa shape index (κ3) is 19.5. The molecule has 0 fully saturated rings. The molecule has 0 aromatic heterocycles. The Morgan fingerprint density at radius 3 is 1.33 bits per heavy atom. The summed E-state index contributed by atoms with van der Waals surface area (Å²) in [5, 5.41) is 0. The Hall–Kier alpha value is -0.570. The molecule has 0 bridgehead atoms. The van der Waals surface area contributed by atoms with Crippen LogP contribution in [-0.2, 0) is 4.79 Å². The van der Waals surface area contributed by atoms with Gasteiger partial charge in [0.25, 0.3) is 0 Å². The average Bonchev–Trinajstić information content (AvgIpc) is 2.53. The third-order valence-electron chi connectivity index (χ3n) is 4.74. The average molecular weight is 341 g/mol. The Kier molecular flexibility index (Phi) is 15.6. The maximum Gasteiger partial charge on any atom is 0.233 e. The lowest BCUT2D eigenvalue weighted by Gasteiger charge is -2.17. The van der Waals surface area contributed by atoms with E-state index < -0.39 is 0 Å². The maximum absolute atomic E-state index is 10.9. The Morgan fingerprint density at radius 2 is 1.00 bits per heavy atom. The van der Waals surface area contributed by atoms with Crippen LogP contribution in [0, 0.1) is 5.41 Å². The molecule has 0 aliphatic carbocycles. The zero-order valence-electron chi connectivity index (χ0n) is 16.8. The quantitative estimate of drug-likeness (QED) is 0.151. The number of carbonyl (C=O) groups is 1. The van der Waals surface area contributed by atoms with Crippen molar-refractivity contribution in [3.05, 3.63) is 0 Å². The molecule has 0 rings (SSSR count). The van der Waals surface area contributed by atoms with E-state index in [9.17, 15) is 4.79 Å². The van der Waals surface area contributed by atoms with E-state index in [0.717, 1.165) is 12.8 Å². The molecule has 3 nitrogen and oxygen atoms in total. The van der Waals surface area contributed by atoms with Gasteiger partial charge in [0.15, 0.2) is 0 Å². The predicted molar refractivity (Wildman–Crippen MR) is 106 cm³/mol. The Balaban J connectivity index is 3.06. The molecule has 0 atom stereocenters. The van der Waals surface area contributed by atoms with E-state index in [1.807, 2.05) is 0 Å². The predicted octanol–water partition coefficient (Wildman–Crippen LogP) is 6.26. The van der Waals surface area contributed by atoms with Gasteiger partial charge in [-0.3, -0.25) is 10.2 Å². The van der Waals surface area contributed by atoms with Gasteiger partial charge in [-0.1, -0.05) is 104 Å². The molecule has 1 amide bonds. The minimum atomic E-state index is -0.0378. The van der Waals surface area contributed by atoms with Crippen molar-refractivity contribution in [3.63, 3.8) is 0 Å².